The predicted molar refractivity (Wildman–Crippen MR) is 127 cm³/mol. The fourth-order valence-electron chi connectivity index (χ4n) is 4.36. The second kappa shape index (κ2) is 16.0. The molecule has 2 N–H and O–H groups in total. The van der Waals surface area contributed by atoms with E-state index in [9.17, 15) is 0 Å². The molecule has 1 heteroatoms. The molecule has 28 heavy (non-hydrogen) atoms. The van der Waals surface area contributed by atoms with Crippen LogP contribution < -0.4 is 5.73 Å². The van der Waals surface area contributed by atoms with Gasteiger partial charge in [0.25, 0.3) is 0 Å². The van der Waals surface area contributed by atoms with Crippen LogP contribution in [0.4, 0.5) is 0 Å². The molecule has 0 aliphatic heterocycles. The van der Waals surface area contributed by atoms with E-state index in [1.807, 2.05) is 0 Å². The third-order valence-corrected chi connectivity index (χ3v) is 6.62. The van der Waals surface area contributed by atoms with E-state index in [2.05, 4.69) is 45.0 Å². The van der Waals surface area contributed by atoms with E-state index in [-0.39, 0.29) is 5.54 Å². The summed E-state index contributed by atoms with van der Waals surface area (Å²) in [5, 5.41) is 0. The molecule has 1 nitrogen and oxygen atoms in total. The monoisotopic (exact) mass is 387 g/mol. The van der Waals surface area contributed by atoms with Gasteiger partial charge in [-0.3, -0.25) is 0 Å². The molecule has 162 valence electrons. The molecule has 0 atom stereocenters. The van der Waals surface area contributed by atoms with Crippen LogP contribution in [0.25, 0.3) is 0 Å². The number of nitrogens with two attached hydrogens (primary N) is 1. The Hall–Kier alpha value is -0.820. The first kappa shape index (κ1) is 25.2. The fraction of sp³-hybridized carbons (Fsp3) is 0.778. The van der Waals surface area contributed by atoms with Crippen molar-refractivity contribution in [1.29, 1.82) is 0 Å². The van der Waals surface area contributed by atoms with Gasteiger partial charge >= 0.3 is 0 Å². The van der Waals surface area contributed by atoms with Gasteiger partial charge in [0.1, 0.15) is 0 Å². The summed E-state index contributed by atoms with van der Waals surface area (Å²) < 4.78 is 0. The van der Waals surface area contributed by atoms with Crippen molar-refractivity contribution in [3.63, 3.8) is 0 Å². The lowest BCUT2D eigenvalue weighted by atomic mass is 9.82. The maximum atomic E-state index is 6.67. The topological polar surface area (TPSA) is 26.0 Å². The van der Waals surface area contributed by atoms with Crippen molar-refractivity contribution in [2.75, 3.05) is 0 Å². The van der Waals surface area contributed by atoms with Crippen molar-refractivity contribution in [3.8, 4) is 0 Å². The standard InChI is InChI=1S/C27H49N/c1-4-7-8-9-10-11-12-13-14-15-16-17-18-19-22-25-23-20-21-24-26(25)27(28,5-2)6-3/h20-21,23-24H,4-19,22,28H2,1-3H3. The Morgan fingerprint density at radius 1 is 0.607 bits per heavy atom. The van der Waals surface area contributed by atoms with Crippen molar-refractivity contribution in [3.05, 3.63) is 35.4 Å². The van der Waals surface area contributed by atoms with Crippen LogP contribution >= 0.6 is 0 Å². The summed E-state index contributed by atoms with van der Waals surface area (Å²) in [7, 11) is 0. The van der Waals surface area contributed by atoms with Crippen LogP contribution in [0.5, 0.6) is 0 Å². The summed E-state index contributed by atoms with van der Waals surface area (Å²) in [6.45, 7) is 6.72. The molecule has 0 amide bonds. The minimum absolute atomic E-state index is 0.146. The summed E-state index contributed by atoms with van der Waals surface area (Å²) in [5.41, 5.74) is 9.39. The zero-order valence-corrected chi connectivity index (χ0v) is 19.4. The van der Waals surface area contributed by atoms with Gasteiger partial charge in [0.15, 0.2) is 0 Å². The van der Waals surface area contributed by atoms with Gasteiger partial charge in [-0.05, 0) is 36.8 Å². The number of hydrogen-bond donors (Lipinski definition) is 1. The maximum absolute atomic E-state index is 6.67. The first-order valence-corrected chi connectivity index (χ1v) is 12.5. The third-order valence-electron chi connectivity index (χ3n) is 6.62. The van der Waals surface area contributed by atoms with E-state index in [1.165, 1.54) is 107 Å². The summed E-state index contributed by atoms with van der Waals surface area (Å²) in [4.78, 5) is 0. The number of hydrogen-bond acceptors (Lipinski definition) is 1. The quantitative estimate of drug-likeness (QED) is 0.250. The molecule has 0 radical (unpaired) electrons. The van der Waals surface area contributed by atoms with Crippen LogP contribution in [0.1, 0.15) is 135 Å². The molecule has 0 spiro atoms. The molecule has 0 fully saturated rings. The zero-order valence-electron chi connectivity index (χ0n) is 19.4. The number of aryl methyl sites for hydroxylation is 1. The summed E-state index contributed by atoms with van der Waals surface area (Å²) in [6.07, 6.45) is 23.1. The Bertz CT molecular complexity index is 475. The van der Waals surface area contributed by atoms with E-state index in [4.69, 9.17) is 5.73 Å². The average molecular weight is 388 g/mol. The number of benzene rings is 1. The molecule has 0 unspecified atom stereocenters. The second-order valence-electron chi connectivity index (χ2n) is 8.87. The van der Waals surface area contributed by atoms with Gasteiger partial charge in [-0.1, -0.05) is 129 Å². The minimum atomic E-state index is -0.146. The normalized spacial score (nSPS) is 11.9. The van der Waals surface area contributed by atoms with Crippen LogP contribution in [0.15, 0.2) is 24.3 Å². The molecular weight excluding hydrogens is 338 g/mol. The van der Waals surface area contributed by atoms with Gasteiger partial charge in [-0.2, -0.15) is 0 Å². The molecule has 0 aromatic heterocycles. The SMILES string of the molecule is CCCCCCCCCCCCCCCCc1ccccc1C(N)(CC)CC. The van der Waals surface area contributed by atoms with E-state index in [0.29, 0.717) is 0 Å². The van der Waals surface area contributed by atoms with Gasteiger partial charge < -0.3 is 5.73 Å². The van der Waals surface area contributed by atoms with Gasteiger partial charge in [0, 0.05) is 5.54 Å². The van der Waals surface area contributed by atoms with E-state index >= 15 is 0 Å². The van der Waals surface area contributed by atoms with E-state index in [0.717, 1.165) is 12.8 Å². The highest BCUT2D eigenvalue weighted by Gasteiger charge is 2.24. The Morgan fingerprint density at radius 2 is 1.04 bits per heavy atom. The van der Waals surface area contributed by atoms with Gasteiger partial charge in [-0.15, -0.1) is 0 Å². The molecule has 0 heterocycles. The second-order valence-corrected chi connectivity index (χ2v) is 8.87. The van der Waals surface area contributed by atoms with Crippen molar-refractivity contribution in [2.24, 2.45) is 5.73 Å². The minimum Gasteiger partial charge on any atom is -0.321 e. The highest BCUT2D eigenvalue weighted by atomic mass is 14.7. The molecule has 1 aromatic rings. The lowest BCUT2D eigenvalue weighted by Gasteiger charge is -2.29. The average Bonchev–Trinajstić information content (AvgIpc) is 2.73. The molecule has 1 aromatic carbocycles. The molecule has 0 saturated heterocycles. The molecule has 1 rings (SSSR count). The highest BCUT2D eigenvalue weighted by molar-refractivity contribution is 5.33. The Morgan fingerprint density at radius 3 is 1.50 bits per heavy atom. The van der Waals surface area contributed by atoms with Gasteiger partial charge in [-0.25, -0.2) is 0 Å². The van der Waals surface area contributed by atoms with Crippen LogP contribution in [-0.2, 0) is 12.0 Å². The van der Waals surface area contributed by atoms with Crippen molar-refractivity contribution >= 4 is 0 Å². The lowest BCUT2D eigenvalue weighted by Crippen LogP contribution is -2.36. The number of rotatable bonds is 18. The summed E-state index contributed by atoms with van der Waals surface area (Å²) in [6, 6.07) is 8.88. The van der Waals surface area contributed by atoms with Crippen LogP contribution in [-0.4, -0.2) is 0 Å². The lowest BCUT2D eigenvalue weighted by molar-refractivity contribution is 0.408. The zero-order chi connectivity index (χ0) is 20.5. The largest absolute Gasteiger partial charge is 0.321 e. The number of unbranched alkanes of at least 4 members (excludes halogenated alkanes) is 13. The smallest absolute Gasteiger partial charge is 0.0407 e. The summed E-state index contributed by atoms with van der Waals surface area (Å²) in [5.74, 6) is 0. The van der Waals surface area contributed by atoms with Gasteiger partial charge in [0.05, 0.1) is 0 Å². The first-order chi connectivity index (χ1) is 13.7. The van der Waals surface area contributed by atoms with E-state index in [1.54, 1.807) is 0 Å². The van der Waals surface area contributed by atoms with Crippen molar-refractivity contribution in [2.45, 2.75) is 135 Å². The van der Waals surface area contributed by atoms with E-state index < -0.39 is 0 Å². The maximum Gasteiger partial charge on any atom is 0.0407 e. The molecule has 0 saturated carbocycles. The summed E-state index contributed by atoms with van der Waals surface area (Å²) >= 11 is 0. The third kappa shape index (κ3) is 10.1. The Labute approximate surface area is 176 Å². The van der Waals surface area contributed by atoms with Crippen LogP contribution in [0.2, 0.25) is 0 Å². The van der Waals surface area contributed by atoms with Gasteiger partial charge in [0.2, 0.25) is 0 Å². The van der Waals surface area contributed by atoms with Crippen molar-refractivity contribution in [1.82, 2.24) is 0 Å². The van der Waals surface area contributed by atoms with Crippen molar-refractivity contribution < 1.29 is 0 Å². The van der Waals surface area contributed by atoms with Crippen LogP contribution in [0, 0.1) is 0 Å². The highest BCUT2D eigenvalue weighted by Crippen LogP contribution is 2.29. The molecular formula is C27H49N. The Kier molecular flexibility index (Phi) is 14.4. The fourth-order valence-corrected chi connectivity index (χ4v) is 4.36. The van der Waals surface area contributed by atoms with Crippen LogP contribution in [0.3, 0.4) is 0 Å². The molecule has 0 bridgehead atoms. The molecule has 0 aliphatic carbocycles. The molecule has 0 aliphatic rings. The first-order valence-electron chi connectivity index (χ1n) is 12.5. The Balaban J connectivity index is 2.07. The predicted octanol–water partition coefficient (Wildman–Crippen LogP) is 8.68.